The van der Waals surface area contributed by atoms with Crippen molar-refractivity contribution in [1.29, 1.82) is 0 Å². The van der Waals surface area contributed by atoms with Gasteiger partial charge in [0, 0.05) is 18.3 Å². The normalized spacial score (nSPS) is 12.7. The van der Waals surface area contributed by atoms with Gasteiger partial charge in [0.1, 0.15) is 18.7 Å². The molecule has 0 aliphatic rings. The fraction of sp³-hybridized carbons (Fsp3) is 0.182. The average molecular weight is 542 g/mol. The molecule has 184 valence electrons. The van der Waals surface area contributed by atoms with E-state index in [1.165, 1.54) is 43.6 Å². The molecule has 0 spiro atoms. The third-order valence-electron chi connectivity index (χ3n) is 5.20. The number of aryl methyl sites for hydroxylation is 1. The number of hydrogen-bond acceptors (Lipinski definition) is 7. The Bertz CT molecular complexity index is 1590. The van der Waals surface area contributed by atoms with Gasteiger partial charge in [-0.25, -0.2) is 21.9 Å². The predicted molar refractivity (Wildman–Crippen MR) is 128 cm³/mol. The van der Waals surface area contributed by atoms with E-state index in [0.717, 1.165) is 10.4 Å². The molecule has 13 heteroatoms. The molecule has 1 atom stereocenters. The van der Waals surface area contributed by atoms with Crippen molar-refractivity contribution in [2.45, 2.75) is 17.9 Å². The number of anilines is 1. The number of fused-ring (bicyclic) bond motifs is 1. The van der Waals surface area contributed by atoms with Crippen LogP contribution in [0.1, 0.15) is 22.9 Å². The van der Waals surface area contributed by atoms with Crippen LogP contribution in [0.15, 0.2) is 56.7 Å². The Morgan fingerprint density at radius 2 is 2.00 bits per heavy atom. The van der Waals surface area contributed by atoms with Crippen molar-refractivity contribution in [2.24, 2.45) is 0 Å². The van der Waals surface area contributed by atoms with Crippen molar-refractivity contribution < 1.29 is 27.1 Å². The number of aliphatic hydroxyl groups excluding tert-OH is 1. The van der Waals surface area contributed by atoms with Crippen LogP contribution in [0, 0.1) is 12.7 Å². The molecule has 2 aromatic carbocycles. The highest BCUT2D eigenvalue weighted by atomic mass is 35.5. The molecular weight excluding hydrogens is 524 g/mol. The molecule has 4 aromatic rings. The lowest BCUT2D eigenvalue weighted by molar-refractivity contribution is 0.202. The van der Waals surface area contributed by atoms with Gasteiger partial charge in [0.25, 0.3) is 10.0 Å². The van der Waals surface area contributed by atoms with Gasteiger partial charge in [0.15, 0.2) is 5.58 Å². The number of hydrogen-bond donors (Lipinski definition) is 2. The number of aromatic amines is 1. The highest BCUT2D eigenvalue weighted by molar-refractivity contribution is 7.92. The molecule has 0 amide bonds. The molecule has 0 saturated heterocycles. The molecule has 35 heavy (non-hydrogen) atoms. The zero-order valence-corrected chi connectivity index (χ0v) is 20.6. The number of sulfonamides is 1. The number of pyridine rings is 1. The maximum absolute atomic E-state index is 14.8. The first-order chi connectivity index (χ1) is 16.5. The lowest BCUT2D eigenvalue weighted by Crippen LogP contribution is -2.34. The van der Waals surface area contributed by atoms with Crippen LogP contribution in [0.3, 0.4) is 0 Å². The van der Waals surface area contributed by atoms with Crippen LogP contribution in [0.2, 0.25) is 10.0 Å². The summed E-state index contributed by atoms with van der Waals surface area (Å²) in [4.78, 5) is 18.0. The number of H-pyrrole nitrogens is 1. The van der Waals surface area contributed by atoms with Gasteiger partial charge < -0.3 is 14.3 Å². The van der Waals surface area contributed by atoms with Gasteiger partial charge in [0.2, 0.25) is 0 Å². The number of nitrogens with one attached hydrogen (secondary N) is 1. The molecule has 4 rings (SSSR count). The second kappa shape index (κ2) is 9.59. The topological polar surface area (TPSA) is 126 Å². The maximum Gasteiger partial charge on any atom is 0.417 e. The van der Waals surface area contributed by atoms with Crippen LogP contribution in [-0.4, -0.2) is 37.3 Å². The van der Waals surface area contributed by atoms with Gasteiger partial charge in [-0.2, -0.15) is 0 Å². The molecule has 2 N–H and O–H groups in total. The highest BCUT2D eigenvalue weighted by Gasteiger charge is 2.32. The van der Waals surface area contributed by atoms with Crippen LogP contribution >= 0.6 is 23.2 Å². The van der Waals surface area contributed by atoms with Crippen molar-refractivity contribution in [3.63, 3.8) is 0 Å². The average Bonchev–Trinajstić information content (AvgIpc) is 3.18. The number of benzene rings is 2. The number of methoxy groups -OCH3 is 1. The molecule has 0 aliphatic heterocycles. The fourth-order valence-corrected chi connectivity index (χ4v) is 5.28. The van der Waals surface area contributed by atoms with Gasteiger partial charge in [-0.05, 0) is 48.9 Å². The summed E-state index contributed by atoms with van der Waals surface area (Å²) in [6.07, 6.45) is -0.676. The second-order valence-corrected chi connectivity index (χ2v) is 10.2. The van der Waals surface area contributed by atoms with E-state index in [1.807, 2.05) is 0 Å². The number of aromatic nitrogens is 2. The summed E-state index contributed by atoms with van der Waals surface area (Å²) in [5, 5.41) is 11.6. The molecule has 0 aliphatic carbocycles. The maximum atomic E-state index is 14.8. The Morgan fingerprint density at radius 1 is 1.26 bits per heavy atom. The highest BCUT2D eigenvalue weighted by Crippen LogP contribution is 2.37. The van der Waals surface area contributed by atoms with Crippen LogP contribution in [0.5, 0.6) is 0 Å². The van der Waals surface area contributed by atoms with Crippen LogP contribution < -0.4 is 10.1 Å². The summed E-state index contributed by atoms with van der Waals surface area (Å²) < 4.78 is 53.0. The number of oxazole rings is 1. The van der Waals surface area contributed by atoms with Crippen molar-refractivity contribution in [3.8, 4) is 0 Å². The smallest absolute Gasteiger partial charge is 0.407 e. The lowest BCUT2D eigenvalue weighted by atomic mass is 10.0. The lowest BCUT2D eigenvalue weighted by Gasteiger charge is -2.27. The second-order valence-electron chi connectivity index (χ2n) is 7.50. The monoisotopic (exact) mass is 541 g/mol. The minimum atomic E-state index is -4.29. The van der Waals surface area contributed by atoms with E-state index in [4.69, 9.17) is 32.4 Å². The Labute approximate surface area is 208 Å². The minimum absolute atomic E-state index is 0.0476. The third-order valence-corrected chi connectivity index (χ3v) is 7.57. The van der Waals surface area contributed by atoms with E-state index in [0.29, 0.717) is 10.6 Å². The van der Waals surface area contributed by atoms with Crippen molar-refractivity contribution in [1.82, 2.24) is 9.97 Å². The molecule has 0 radical (unpaired) electrons. The fourth-order valence-electron chi connectivity index (χ4n) is 3.54. The zero-order valence-electron chi connectivity index (χ0n) is 18.3. The Hall–Kier alpha value is -2.96. The molecule has 0 saturated carbocycles. The molecule has 2 aromatic heterocycles. The number of nitrogens with zero attached hydrogens (tertiary/aromatic N) is 2. The molecule has 2 heterocycles. The molecule has 0 bridgehead atoms. The van der Waals surface area contributed by atoms with E-state index in [9.17, 15) is 22.7 Å². The standard InChI is InChI=1S/C22H18Cl2FN3O6S/c1-11-7-13(3-4-14(11)24)35(31,32)28(10-33-2)17-8-12(23)9-26-19(17)20(29)18-15(25)5-6-16-21(18)34-22(30)27-16/h3-9,20,29H,10H2,1-2H3,(H,27,30). The van der Waals surface area contributed by atoms with Crippen LogP contribution in [-0.2, 0) is 14.8 Å². The molecule has 1 unspecified atom stereocenters. The van der Waals surface area contributed by atoms with Gasteiger partial charge >= 0.3 is 5.76 Å². The van der Waals surface area contributed by atoms with Crippen molar-refractivity contribution in [2.75, 3.05) is 18.1 Å². The summed E-state index contributed by atoms with van der Waals surface area (Å²) in [7, 11) is -3.02. The van der Waals surface area contributed by atoms with E-state index >= 15 is 0 Å². The minimum Gasteiger partial charge on any atom is -0.407 e. The zero-order chi connectivity index (χ0) is 25.5. The van der Waals surface area contributed by atoms with E-state index in [2.05, 4.69) is 9.97 Å². The summed E-state index contributed by atoms with van der Waals surface area (Å²) >= 11 is 12.2. The van der Waals surface area contributed by atoms with Crippen molar-refractivity contribution in [3.05, 3.63) is 85.8 Å². The SMILES string of the molecule is COCN(c1cc(Cl)cnc1C(O)c1c(F)ccc2[nH]c(=O)oc12)S(=O)(=O)c1ccc(Cl)c(C)c1. The van der Waals surface area contributed by atoms with E-state index in [1.54, 1.807) is 6.92 Å². The Kier molecular flexibility index (Phi) is 6.89. The number of rotatable bonds is 7. The van der Waals surface area contributed by atoms with Gasteiger partial charge in [-0.15, -0.1) is 0 Å². The van der Waals surface area contributed by atoms with E-state index < -0.39 is 40.0 Å². The largest absolute Gasteiger partial charge is 0.417 e. The summed E-state index contributed by atoms with van der Waals surface area (Å²) in [5.74, 6) is -1.75. The van der Waals surface area contributed by atoms with Crippen LogP contribution in [0.25, 0.3) is 11.1 Å². The molecular formula is C22H18Cl2FN3O6S. The third kappa shape index (κ3) is 4.65. The first kappa shape index (κ1) is 25.1. The molecule has 9 nitrogen and oxygen atoms in total. The van der Waals surface area contributed by atoms with Gasteiger partial charge in [0.05, 0.1) is 32.4 Å². The number of aliphatic hydroxyl groups is 1. The Balaban J connectivity index is 1.92. The number of ether oxygens (including phenoxy) is 1. The summed E-state index contributed by atoms with van der Waals surface area (Å²) in [5.41, 5.74) is -0.428. The Morgan fingerprint density at radius 3 is 2.69 bits per heavy atom. The van der Waals surface area contributed by atoms with Gasteiger partial charge in [-0.3, -0.25) is 9.97 Å². The predicted octanol–water partition coefficient (Wildman–Crippen LogP) is 4.15. The van der Waals surface area contributed by atoms with Crippen molar-refractivity contribution >= 4 is 50.0 Å². The first-order valence-electron chi connectivity index (χ1n) is 9.97. The quantitative estimate of drug-likeness (QED) is 0.336. The summed E-state index contributed by atoms with van der Waals surface area (Å²) in [6, 6.07) is 7.68. The van der Waals surface area contributed by atoms with E-state index in [-0.39, 0.29) is 32.4 Å². The summed E-state index contributed by atoms with van der Waals surface area (Å²) in [6.45, 7) is 1.16. The number of halogens is 3. The van der Waals surface area contributed by atoms with Crippen LogP contribution in [0.4, 0.5) is 10.1 Å². The van der Waals surface area contributed by atoms with Gasteiger partial charge in [-0.1, -0.05) is 23.2 Å². The first-order valence-corrected chi connectivity index (χ1v) is 12.2. The molecule has 0 fully saturated rings.